The standard InChI is InChI=1S/C32H37ClN6O3S/c1-2-42-32(41)39-20-18-38(19-21-39)30(40)27-12-6-10-26(22-27)24-43-31-34-28(33)23-29(35-31)37-16-14-36(15-17-37)13-7-11-25-8-4-3-5-9-25/h3-12,22-23H,2,13-21,24H2,1H3. The summed E-state index contributed by atoms with van der Waals surface area (Å²) in [4.78, 5) is 42.5. The molecule has 2 saturated heterocycles. The summed E-state index contributed by atoms with van der Waals surface area (Å²) in [6.07, 6.45) is 4.06. The third-order valence-corrected chi connectivity index (χ3v) is 8.58. The summed E-state index contributed by atoms with van der Waals surface area (Å²) in [5, 5.41) is 1.04. The van der Waals surface area contributed by atoms with E-state index in [-0.39, 0.29) is 12.0 Å². The Morgan fingerprint density at radius 1 is 0.907 bits per heavy atom. The maximum atomic E-state index is 13.2. The summed E-state index contributed by atoms with van der Waals surface area (Å²) in [5.41, 5.74) is 2.85. The van der Waals surface area contributed by atoms with Gasteiger partial charge in [-0.25, -0.2) is 14.8 Å². The number of carbonyl (C=O) groups is 2. The molecule has 0 atom stereocenters. The van der Waals surface area contributed by atoms with Crippen molar-refractivity contribution >= 4 is 47.3 Å². The van der Waals surface area contributed by atoms with E-state index in [2.05, 4.69) is 51.2 Å². The monoisotopic (exact) mass is 620 g/mol. The smallest absolute Gasteiger partial charge is 0.409 e. The minimum Gasteiger partial charge on any atom is -0.450 e. The van der Waals surface area contributed by atoms with Crippen molar-refractivity contribution in [1.82, 2.24) is 24.7 Å². The second kappa shape index (κ2) is 15.2. The van der Waals surface area contributed by atoms with Crippen molar-refractivity contribution in [1.29, 1.82) is 0 Å². The first kappa shape index (κ1) is 30.8. The Morgan fingerprint density at radius 2 is 1.65 bits per heavy atom. The maximum Gasteiger partial charge on any atom is 0.409 e. The lowest BCUT2D eigenvalue weighted by molar-refractivity contribution is 0.0570. The van der Waals surface area contributed by atoms with Crippen molar-refractivity contribution in [2.24, 2.45) is 0 Å². The molecule has 0 aliphatic carbocycles. The van der Waals surface area contributed by atoms with Crippen LogP contribution in [0.15, 0.2) is 71.9 Å². The topological polar surface area (TPSA) is 82.1 Å². The Morgan fingerprint density at radius 3 is 2.40 bits per heavy atom. The van der Waals surface area contributed by atoms with Crippen molar-refractivity contribution < 1.29 is 14.3 Å². The Bertz CT molecular complexity index is 1410. The van der Waals surface area contributed by atoms with E-state index >= 15 is 0 Å². The van der Waals surface area contributed by atoms with E-state index in [0.717, 1.165) is 44.1 Å². The summed E-state index contributed by atoms with van der Waals surface area (Å²) in [5.74, 6) is 1.42. The van der Waals surface area contributed by atoms with Crippen LogP contribution in [0.2, 0.25) is 5.15 Å². The number of ether oxygens (including phenoxy) is 1. The van der Waals surface area contributed by atoms with Gasteiger partial charge in [-0.1, -0.05) is 78.0 Å². The minimum absolute atomic E-state index is 0.0358. The van der Waals surface area contributed by atoms with Gasteiger partial charge < -0.3 is 19.4 Å². The number of thioether (sulfide) groups is 1. The zero-order valence-corrected chi connectivity index (χ0v) is 26.0. The second-order valence-corrected chi connectivity index (χ2v) is 11.7. The average Bonchev–Trinajstić information content (AvgIpc) is 3.04. The fraction of sp³-hybridized carbons (Fsp3) is 0.375. The second-order valence-electron chi connectivity index (χ2n) is 10.4. The van der Waals surface area contributed by atoms with Gasteiger partial charge in [-0.3, -0.25) is 9.69 Å². The molecule has 11 heteroatoms. The molecular weight excluding hydrogens is 584 g/mol. The predicted molar refractivity (Wildman–Crippen MR) is 172 cm³/mol. The van der Waals surface area contributed by atoms with Gasteiger partial charge in [-0.15, -0.1) is 0 Å². The van der Waals surface area contributed by atoms with Crippen LogP contribution in [0.4, 0.5) is 10.6 Å². The molecule has 2 aliphatic heterocycles. The lowest BCUT2D eigenvalue weighted by atomic mass is 10.1. The molecule has 0 saturated carbocycles. The highest BCUT2D eigenvalue weighted by molar-refractivity contribution is 7.98. The number of anilines is 1. The van der Waals surface area contributed by atoms with Crippen LogP contribution in [0.1, 0.15) is 28.4 Å². The summed E-state index contributed by atoms with van der Waals surface area (Å²) >= 11 is 7.92. The lowest BCUT2D eigenvalue weighted by Crippen LogP contribution is -2.50. The van der Waals surface area contributed by atoms with Crippen molar-refractivity contribution in [3.8, 4) is 0 Å². The molecule has 226 valence electrons. The molecule has 3 aromatic rings. The number of benzene rings is 2. The van der Waals surface area contributed by atoms with Crippen LogP contribution < -0.4 is 4.90 Å². The van der Waals surface area contributed by atoms with E-state index in [1.807, 2.05) is 36.4 Å². The lowest BCUT2D eigenvalue weighted by Gasteiger charge is -2.35. The zero-order valence-electron chi connectivity index (χ0n) is 24.4. The first-order valence-corrected chi connectivity index (χ1v) is 16.0. The average molecular weight is 621 g/mol. The minimum atomic E-state index is -0.325. The van der Waals surface area contributed by atoms with Gasteiger partial charge in [0.15, 0.2) is 5.16 Å². The Labute approximate surface area is 262 Å². The molecule has 0 radical (unpaired) electrons. The van der Waals surface area contributed by atoms with Gasteiger partial charge >= 0.3 is 6.09 Å². The number of halogens is 1. The fourth-order valence-corrected chi connectivity index (χ4v) is 6.13. The number of rotatable bonds is 9. The summed E-state index contributed by atoms with van der Waals surface area (Å²) in [7, 11) is 0. The van der Waals surface area contributed by atoms with Crippen LogP contribution in [0.3, 0.4) is 0 Å². The Hall–Kier alpha value is -3.60. The van der Waals surface area contributed by atoms with Gasteiger partial charge in [0.2, 0.25) is 0 Å². The van der Waals surface area contributed by atoms with Crippen LogP contribution in [0.5, 0.6) is 0 Å². The Balaban J connectivity index is 1.12. The van der Waals surface area contributed by atoms with Crippen molar-refractivity contribution in [3.05, 3.63) is 88.6 Å². The van der Waals surface area contributed by atoms with Crippen molar-refractivity contribution in [2.75, 3.05) is 70.4 Å². The molecular formula is C32H37ClN6O3S. The highest BCUT2D eigenvalue weighted by atomic mass is 35.5. The highest BCUT2D eigenvalue weighted by Crippen LogP contribution is 2.26. The molecule has 2 amide bonds. The van der Waals surface area contributed by atoms with Crippen LogP contribution in [-0.4, -0.2) is 102 Å². The van der Waals surface area contributed by atoms with Gasteiger partial charge in [0.05, 0.1) is 6.61 Å². The fourth-order valence-electron chi connectivity index (χ4n) is 5.11. The SMILES string of the molecule is CCOC(=O)N1CCN(C(=O)c2cccc(CSc3nc(Cl)cc(N4CCN(CC=Cc5ccccc5)CC4)n3)c2)CC1. The number of hydrogen-bond acceptors (Lipinski definition) is 8. The predicted octanol–water partition coefficient (Wildman–Crippen LogP) is 5.17. The van der Waals surface area contributed by atoms with Gasteiger partial charge in [0.1, 0.15) is 11.0 Å². The molecule has 2 aromatic carbocycles. The molecule has 0 N–H and O–H groups in total. The molecule has 9 nitrogen and oxygen atoms in total. The number of piperazine rings is 2. The molecule has 43 heavy (non-hydrogen) atoms. The molecule has 0 unspecified atom stereocenters. The van der Waals surface area contributed by atoms with Crippen LogP contribution >= 0.6 is 23.4 Å². The normalized spacial score (nSPS) is 16.1. The maximum absolute atomic E-state index is 13.2. The Kier molecular flexibility index (Phi) is 10.9. The van der Waals surface area contributed by atoms with Gasteiger partial charge in [-0.05, 0) is 30.2 Å². The van der Waals surface area contributed by atoms with Crippen LogP contribution in [0.25, 0.3) is 6.08 Å². The van der Waals surface area contributed by atoms with Crippen molar-refractivity contribution in [3.63, 3.8) is 0 Å². The molecule has 5 rings (SSSR count). The first-order valence-electron chi connectivity index (χ1n) is 14.6. The third kappa shape index (κ3) is 8.72. The third-order valence-electron chi connectivity index (χ3n) is 7.47. The summed E-state index contributed by atoms with van der Waals surface area (Å²) in [6, 6.07) is 19.8. The van der Waals surface area contributed by atoms with E-state index in [4.69, 9.17) is 21.3 Å². The van der Waals surface area contributed by atoms with Crippen molar-refractivity contribution in [2.45, 2.75) is 17.8 Å². The number of hydrogen-bond donors (Lipinski definition) is 0. The molecule has 1 aromatic heterocycles. The van der Waals surface area contributed by atoms with Gasteiger partial charge in [-0.2, -0.15) is 0 Å². The number of amides is 2. The van der Waals surface area contributed by atoms with E-state index in [9.17, 15) is 9.59 Å². The van der Waals surface area contributed by atoms with E-state index < -0.39 is 0 Å². The number of nitrogens with zero attached hydrogens (tertiary/aromatic N) is 6. The molecule has 3 heterocycles. The molecule has 0 bridgehead atoms. The largest absolute Gasteiger partial charge is 0.450 e. The van der Waals surface area contributed by atoms with Gasteiger partial charge in [0, 0.05) is 76.3 Å². The molecule has 2 fully saturated rings. The van der Waals surface area contributed by atoms with E-state index in [0.29, 0.717) is 54.4 Å². The van der Waals surface area contributed by atoms with Gasteiger partial charge in [0.25, 0.3) is 5.91 Å². The van der Waals surface area contributed by atoms with Crippen LogP contribution in [-0.2, 0) is 10.5 Å². The zero-order chi connectivity index (χ0) is 30.0. The van der Waals surface area contributed by atoms with E-state index in [1.165, 1.54) is 17.3 Å². The first-order chi connectivity index (χ1) is 21.0. The van der Waals surface area contributed by atoms with Crippen LogP contribution in [0, 0.1) is 0 Å². The number of aromatic nitrogens is 2. The number of carbonyl (C=O) groups excluding carboxylic acids is 2. The van der Waals surface area contributed by atoms with E-state index in [1.54, 1.807) is 16.7 Å². The summed E-state index contributed by atoms with van der Waals surface area (Å²) < 4.78 is 5.08. The quantitative estimate of drug-likeness (QED) is 0.184. The highest BCUT2D eigenvalue weighted by Gasteiger charge is 2.25. The molecule has 0 spiro atoms. The molecule has 2 aliphatic rings. The summed E-state index contributed by atoms with van der Waals surface area (Å²) in [6.45, 7) is 8.57.